The van der Waals surface area contributed by atoms with Crippen LogP contribution in [-0.4, -0.2) is 44.3 Å². The van der Waals surface area contributed by atoms with E-state index in [-0.39, 0.29) is 0 Å². The van der Waals surface area contributed by atoms with Gasteiger partial charge in [-0.05, 0) is 38.3 Å². The molecular formula is C11H24N2O. The molecule has 1 atom stereocenters. The van der Waals surface area contributed by atoms with Crippen molar-refractivity contribution in [3.63, 3.8) is 0 Å². The molecule has 0 spiro atoms. The molecule has 3 nitrogen and oxygen atoms in total. The minimum atomic E-state index is 0.652. The predicted molar refractivity (Wildman–Crippen MR) is 59.3 cm³/mol. The third-order valence-electron chi connectivity index (χ3n) is 2.96. The van der Waals surface area contributed by atoms with Gasteiger partial charge in [-0.25, -0.2) is 0 Å². The number of ether oxygens (including phenoxy) is 1. The molecule has 84 valence electrons. The summed E-state index contributed by atoms with van der Waals surface area (Å²) in [7, 11) is 1.77. The quantitative estimate of drug-likeness (QED) is 0.637. The Labute approximate surface area is 87.6 Å². The normalized spacial score (nSPS) is 18.9. The van der Waals surface area contributed by atoms with Gasteiger partial charge in [-0.3, -0.25) is 4.90 Å². The summed E-state index contributed by atoms with van der Waals surface area (Å²) in [6, 6.07) is 0.843. The highest BCUT2D eigenvalue weighted by Gasteiger charge is 2.28. The van der Waals surface area contributed by atoms with Crippen LogP contribution in [0.3, 0.4) is 0 Å². The van der Waals surface area contributed by atoms with E-state index in [0.29, 0.717) is 5.92 Å². The van der Waals surface area contributed by atoms with Crippen molar-refractivity contribution in [2.75, 3.05) is 33.4 Å². The van der Waals surface area contributed by atoms with Gasteiger partial charge in [0.2, 0.25) is 0 Å². The molecule has 2 N–H and O–H groups in total. The third-order valence-corrected chi connectivity index (χ3v) is 2.96. The Morgan fingerprint density at radius 3 is 2.64 bits per heavy atom. The Kier molecular flexibility index (Phi) is 5.45. The Bertz CT molecular complexity index is 148. The predicted octanol–water partition coefficient (Wildman–Crippen LogP) is 1.08. The van der Waals surface area contributed by atoms with E-state index >= 15 is 0 Å². The number of nitrogens with two attached hydrogens (primary N) is 1. The fraction of sp³-hybridized carbons (Fsp3) is 1.00. The molecule has 1 unspecified atom stereocenters. The van der Waals surface area contributed by atoms with E-state index in [9.17, 15) is 0 Å². The van der Waals surface area contributed by atoms with Gasteiger partial charge < -0.3 is 10.5 Å². The van der Waals surface area contributed by atoms with Crippen LogP contribution in [0.25, 0.3) is 0 Å². The molecule has 0 amide bonds. The molecule has 1 aliphatic carbocycles. The molecule has 1 rings (SSSR count). The maximum atomic E-state index is 5.61. The lowest BCUT2D eigenvalue weighted by Crippen LogP contribution is -2.32. The molecule has 0 radical (unpaired) electrons. The van der Waals surface area contributed by atoms with Crippen LogP contribution in [0.1, 0.15) is 26.2 Å². The molecule has 0 bridgehead atoms. The van der Waals surface area contributed by atoms with E-state index in [2.05, 4.69) is 11.8 Å². The monoisotopic (exact) mass is 200 g/mol. The second kappa shape index (κ2) is 6.38. The molecule has 0 aromatic heterocycles. The Hall–Kier alpha value is -0.120. The average Bonchev–Trinajstić information content (AvgIpc) is 3.01. The van der Waals surface area contributed by atoms with E-state index in [1.807, 2.05) is 0 Å². The zero-order valence-electron chi connectivity index (χ0n) is 9.54. The van der Waals surface area contributed by atoms with E-state index in [1.165, 1.54) is 25.8 Å². The lowest BCUT2D eigenvalue weighted by Gasteiger charge is -2.22. The van der Waals surface area contributed by atoms with Crippen molar-refractivity contribution in [2.45, 2.75) is 32.2 Å². The van der Waals surface area contributed by atoms with Crippen LogP contribution in [0.15, 0.2) is 0 Å². The van der Waals surface area contributed by atoms with Crippen molar-refractivity contribution in [3.8, 4) is 0 Å². The highest BCUT2D eigenvalue weighted by Crippen LogP contribution is 2.26. The van der Waals surface area contributed by atoms with Crippen molar-refractivity contribution in [1.29, 1.82) is 0 Å². The Morgan fingerprint density at radius 2 is 2.14 bits per heavy atom. The van der Waals surface area contributed by atoms with E-state index in [0.717, 1.165) is 25.7 Å². The first-order valence-corrected chi connectivity index (χ1v) is 5.71. The largest absolute Gasteiger partial charge is 0.383 e. The molecule has 14 heavy (non-hydrogen) atoms. The molecule has 1 aliphatic rings. The van der Waals surface area contributed by atoms with Crippen molar-refractivity contribution in [3.05, 3.63) is 0 Å². The van der Waals surface area contributed by atoms with Crippen LogP contribution in [0, 0.1) is 5.92 Å². The van der Waals surface area contributed by atoms with Crippen LogP contribution >= 0.6 is 0 Å². The molecule has 1 fully saturated rings. The molecule has 0 aromatic rings. The minimum Gasteiger partial charge on any atom is -0.383 e. The number of rotatable bonds is 8. The molecule has 0 saturated heterocycles. The zero-order valence-corrected chi connectivity index (χ0v) is 9.54. The summed E-state index contributed by atoms with van der Waals surface area (Å²) in [6.45, 7) is 6.16. The lowest BCUT2D eigenvalue weighted by atomic mass is 10.1. The van der Waals surface area contributed by atoms with Crippen molar-refractivity contribution in [1.82, 2.24) is 4.90 Å². The first-order chi connectivity index (χ1) is 6.77. The highest BCUT2D eigenvalue weighted by molar-refractivity contribution is 4.84. The minimum absolute atomic E-state index is 0.652. The van der Waals surface area contributed by atoms with Crippen LogP contribution < -0.4 is 5.73 Å². The van der Waals surface area contributed by atoms with Crippen LogP contribution in [0.5, 0.6) is 0 Å². The maximum absolute atomic E-state index is 5.61. The maximum Gasteiger partial charge on any atom is 0.0589 e. The first-order valence-electron chi connectivity index (χ1n) is 5.71. The van der Waals surface area contributed by atoms with Gasteiger partial charge >= 0.3 is 0 Å². The topological polar surface area (TPSA) is 38.5 Å². The smallest absolute Gasteiger partial charge is 0.0589 e. The van der Waals surface area contributed by atoms with Crippen molar-refractivity contribution in [2.24, 2.45) is 11.7 Å². The number of nitrogens with zero attached hydrogens (tertiary/aromatic N) is 1. The number of methoxy groups -OCH3 is 1. The van der Waals surface area contributed by atoms with E-state index in [4.69, 9.17) is 10.5 Å². The van der Waals surface area contributed by atoms with Gasteiger partial charge in [-0.1, -0.05) is 6.92 Å². The summed E-state index contributed by atoms with van der Waals surface area (Å²) >= 11 is 0. The van der Waals surface area contributed by atoms with Crippen molar-refractivity contribution >= 4 is 0 Å². The molecule has 1 saturated carbocycles. The summed E-state index contributed by atoms with van der Waals surface area (Å²) < 4.78 is 5.12. The first kappa shape index (κ1) is 12.0. The third kappa shape index (κ3) is 4.40. The van der Waals surface area contributed by atoms with E-state index < -0.39 is 0 Å². The SMILES string of the molecule is COCCN(CCC(C)CN)C1CC1. The molecule has 0 heterocycles. The van der Waals surface area contributed by atoms with Gasteiger partial charge in [0.25, 0.3) is 0 Å². The zero-order chi connectivity index (χ0) is 10.4. The highest BCUT2D eigenvalue weighted by atomic mass is 16.5. The molecular weight excluding hydrogens is 176 g/mol. The molecule has 0 aliphatic heterocycles. The fourth-order valence-corrected chi connectivity index (χ4v) is 1.63. The van der Waals surface area contributed by atoms with Crippen molar-refractivity contribution < 1.29 is 4.74 Å². The standard InChI is InChI=1S/C11H24N2O/c1-10(9-12)5-6-13(7-8-14-2)11-3-4-11/h10-11H,3-9,12H2,1-2H3. The Morgan fingerprint density at radius 1 is 1.43 bits per heavy atom. The summed E-state index contributed by atoms with van der Waals surface area (Å²) in [5.74, 6) is 0.652. The summed E-state index contributed by atoms with van der Waals surface area (Å²) in [5.41, 5.74) is 5.61. The van der Waals surface area contributed by atoms with Crippen LogP contribution in [-0.2, 0) is 4.74 Å². The van der Waals surface area contributed by atoms with Gasteiger partial charge in [0.05, 0.1) is 6.61 Å². The fourth-order valence-electron chi connectivity index (χ4n) is 1.63. The summed E-state index contributed by atoms with van der Waals surface area (Å²) in [6.07, 6.45) is 3.97. The number of hydrogen-bond acceptors (Lipinski definition) is 3. The lowest BCUT2D eigenvalue weighted by molar-refractivity contribution is 0.139. The molecule has 0 aromatic carbocycles. The summed E-state index contributed by atoms with van der Waals surface area (Å²) in [5, 5.41) is 0. The van der Waals surface area contributed by atoms with Gasteiger partial charge in [0.1, 0.15) is 0 Å². The van der Waals surface area contributed by atoms with Gasteiger partial charge in [0.15, 0.2) is 0 Å². The second-order valence-corrected chi connectivity index (χ2v) is 4.39. The summed E-state index contributed by atoms with van der Waals surface area (Å²) in [4.78, 5) is 2.55. The van der Waals surface area contributed by atoms with Gasteiger partial charge in [-0.2, -0.15) is 0 Å². The van der Waals surface area contributed by atoms with Crippen LogP contribution in [0.4, 0.5) is 0 Å². The second-order valence-electron chi connectivity index (χ2n) is 4.39. The van der Waals surface area contributed by atoms with Crippen LogP contribution in [0.2, 0.25) is 0 Å². The average molecular weight is 200 g/mol. The Balaban J connectivity index is 2.14. The molecule has 3 heteroatoms. The van der Waals surface area contributed by atoms with Gasteiger partial charge in [0, 0.05) is 19.7 Å². The van der Waals surface area contributed by atoms with E-state index in [1.54, 1.807) is 7.11 Å². The van der Waals surface area contributed by atoms with Gasteiger partial charge in [-0.15, -0.1) is 0 Å². The number of hydrogen-bond donors (Lipinski definition) is 1.